The first-order valence-corrected chi connectivity index (χ1v) is 6.78. The molecule has 0 atom stereocenters. The zero-order valence-electron chi connectivity index (χ0n) is 10.3. The number of carbonyl (C=O) groups is 1. The first-order valence-electron chi connectivity index (χ1n) is 5.96. The number of hydrogen-bond donors (Lipinski definition) is 0. The lowest BCUT2D eigenvalue weighted by Gasteiger charge is -2.18. The van der Waals surface area contributed by atoms with Gasteiger partial charge in [0.1, 0.15) is 0 Å². The molecule has 0 aromatic carbocycles. The number of thiazole rings is 1. The van der Waals surface area contributed by atoms with Crippen LogP contribution in [0.25, 0.3) is 0 Å². The van der Waals surface area contributed by atoms with Gasteiger partial charge in [0.25, 0.3) is 0 Å². The maximum absolute atomic E-state index is 10.9. The molecule has 0 N–H and O–H groups in total. The highest BCUT2D eigenvalue weighted by molar-refractivity contribution is 7.17. The molecule has 0 fully saturated rings. The Morgan fingerprint density at radius 2 is 2.12 bits per heavy atom. The van der Waals surface area contributed by atoms with Crippen LogP contribution in [0.1, 0.15) is 49.0 Å². The van der Waals surface area contributed by atoms with Gasteiger partial charge in [-0.3, -0.25) is 4.79 Å². The summed E-state index contributed by atoms with van der Waals surface area (Å²) in [6, 6.07) is 0. The molecule has 16 heavy (non-hydrogen) atoms. The summed E-state index contributed by atoms with van der Waals surface area (Å²) in [6.45, 7) is 8.33. The molecule has 0 aliphatic heterocycles. The van der Waals surface area contributed by atoms with Crippen molar-refractivity contribution in [3.8, 4) is 0 Å². The van der Waals surface area contributed by atoms with Crippen molar-refractivity contribution in [2.45, 2.75) is 40.0 Å². The Morgan fingerprint density at radius 3 is 2.56 bits per heavy atom. The van der Waals surface area contributed by atoms with E-state index in [1.807, 2.05) is 6.92 Å². The van der Waals surface area contributed by atoms with Crippen molar-refractivity contribution >= 4 is 22.8 Å². The van der Waals surface area contributed by atoms with Gasteiger partial charge in [-0.25, -0.2) is 4.98 Å². The van der Waals surface area contributed by atoms with Crippen molar-refractivity contribution < 1.29 is 4.79 Å². The van der Waals surface area contributed by atoms with E-state index in [4.69, 9.17) is 0 Å². The van der Waals surface area contributed by atoms with Crippen molar-refractivity contribution in [1.29, 1.82) is 0 Å². The lowest BCUT2D eigenvalue weighted by molar-refractivity contribution is 0.112. The third-order valence-electron chi connectivity index (χ3n) is 2.59. The van der Waals surface area contributed by atoms with Crippen LogP contribution in [0.2, 0.25) is 0 Å². The predicted octanol–water partition coefficient (Wildman–Crippen LogP) is 3.14. The first-order chi connectivity index (χ1) is 7.76. The molecule has 0 saturated carbocycles. The van der Waals surface area contributed by atoms with Crippen LogP contribution >= 0.6 is 11.3 Å². The van der Waals surface area contributed by atoms with Crippen molar-refractivity contribution in [1.82, 2.24) is 4.98 Å². The van der Waals surface area contributed by atoms with E-state index < -0.39 is 0 Å². The minimum absolute atomic E-state index is 0.785. The Bertz CT molecular complexity index is 336. The molecule has 90 valence electrons. The fourth-order valence-corrected chi connectivity index (χ4v) is 2.63. The second kappa shape index (κ2) is 6.63. The molecule has 0 amide bonds. The van der Waals surface area contributed by atoms with E-state index in [-0.39, 0.29) is 0 Å². The molecule has 3 nitrogen and oxygen atoms in total. The van der Waals surface area contributed by atoms with E-state index in [2.05, 4.69) is 23.7 Å². The van der Waals surface area contributed by atoms with Gasteiger partial charge in [0.15, 0.2) is 11.4 Å². The fraction of sp³-hybridized carbons (Fsp3) is 0.667. The maximum atomic E-state index is 10.9. The van der Waals surface area contributed by atoms with Crippen LogP contribution < -0.4 is 4.90 Å². The minimum atomic E-state index is 0.785. The number of nitrogens with zero attached hydrogens (tertiary/aromatic N) is 2. The average Bonchev–Trinajstić information content (AvgIpc) is 2.73. The topological polar surface area (TPSA) is 33.2 Å². The van der Waals surface area contributed by atoms with E-state index in [0.29, 0.717) is 0 Å². The summed E-state index contributed by atoms with van der Waals surface area (Å²) in [6.07, 6.45) is 4.11. The number of aryl methyl sites for hydroxylation is 1. The molecular weight excluding hydrogens is 220 g/mol. The second-order valence-electron chi connectivity index (χ2n) is 3.71. The summed E-state index contributed by atoms with van der Waals surface area (Å²) in [5.74, 6) is 0. The lowest BCUT2D eigenvalue weighted by atomic mass is 10.3. The van der Waals surface area contributed by atoms with E-state index in [1.54, 1.807) is 0 Å². The second-order valence-corrected chi connectivity index (χ2v) is 4.72. The number of hydrogen-bond acceptors (Lipinski definition) is 4. The van der Waals surface area contributed by atoms with Crippen molar-refractivity contribution in [3.05, 3.63) is 10.6 Å². The van der Waals surface area contributed by atoms with Gasteiger partial charge in [0.2, 0.25) is 0 Å². The Labute approximate surface area is 101 Å². The SMILES string of the molecule is CCCCN(CC)c1nc(CC)c(C=O)s1. The Morgan fingerprint density at radius 1 is 1.38 bits per heavy atom. The Balaban J connectivity index is 2.83. The number of aromatic nitrogens is 1. The third kappa shape index (κ3) is 3.04. The van der Waals surface area contributed by atoms with Gasteiger partial charge in [-0.1, -0.05) is 31.6 Å². The Hall–Kier alpha value is -0.900. The summed E-state index contributed by atoms with van der Waals surface area (Å²) in [7, 11) is 0. The highest BCUT2D eigenvalue weighted by Crippen LogP contribution is 2.25. The lowest BCUT2D eigenvalue weighted by Crippen LogP contribution is -2.23. The summed E-state index contributed by atoms with van der Waals surface area (Å²) < 4.78 is 0. The molecule has 1 aromatic rings. The first kappa shape index (κ1) is 13.2. The van der Waals surface area contributed by atoms with Crippen LogP contribution in [0.3, 0.4) is 0 Å². The maximum Gasteiger partial charge on any atom is 0.186 e. The van der Waals surface area contributed by atoms with Gasteiger partial charge in [-0.15, -0.1) is 0 Å². The Kier molecular flexibility index (Phi) is 5.46. The third-order valence-corrected chi connectivity index (χ3v) is 3.68. The van der Waals surface area contributed by atoms with Crippen molar-refractivity contribution in [2.24, 2.45) is 0 Å². The van der Waals surface area contributed by atoms with Gasteiger partial charge in [0, 0.05) is 13.1 Å². The van der Waals surface area contributed by atoms with E-state index in [9.17, 15) is 4.79 Å². The van der Waals surface area contributed by atoms with Gasteiger partial charge < -0.3 is 4.90 Å². The minimum Gasteiger partial charge on any atom is -0.348 e. The number of anilines is 1. The molecule has 0 aliphatic rings. The highest BCUT2D eigenvalue weighted by atomic mass is 32.1. The number of rotatable bonds is 7. The standard InChI is InChI=1S/C12H20N2OS/c1-4-7-8-14(6-3)12-13-10(5-2)11(9-15)16-12/h9H,4-8H2,1-3H3. The number of unbranched alkanes of at least 4 members (excludes halogenated alkanes) is 1. The summed E-state index contributed by atoms with van der Waals surface area (Å²) >= 11 is 1.51. The summed E-state index contributed by atoms with van der Waals surface area (Å²) in [4.78, 5) is 18.4. The average molecular weight is 240 g/mol. The van der Waals surface area contributed by atoms with Gasteiger partial charge in [0.05, 0.1) is 10.6 Å². The number of carbonyl (C=O) groups excluding carboxylic acids is 1. The van der Waals surface area contributed by atoms with Crippen LogP contribution in [0.4, 0.5) is 5.13 Å². The van der Waals surface area contributed by atoms with E-state index in [0.717, 1.165) is 41.5 Å². The zero-order chi connectivity index (χ0) is 12.0. The summed E-state index contributed by atoms with van der Waals surface area (Å²) in [5, 5.41) is 0.995. The van der Waals surface area contributed by atoms with Crippen LogP contribution in [0, 0.1) is 0 Å². The molecule has 1 rings (SSSR count). The summed E-state index contributed by atoms with van der Waals surface area (Å²) in [5.41, 5.74) is 0.935. The molecule has 0 unspecified atom stereocenters. The fourth-order valence-electron chi connectivity index (χ4n) is 1.57. The van der Waals surface area contributed by atoms with Crippen LogP contribution in [0.5, 0.6) is 0 Å². The van der Waals surface area contributed by atoms with Gasteiger partial charge in [-0.2, -0.15) is 0 Å². The van der Waals surface area contributed by atoms with Crippen LogP contribution in [0.15, 0.2) is 0 Å². The molecule has 1 aromatic heterocycles. The molecule has 0 aliphatic carbocycles. The molecule has 0 saturated heterocycles. The molecule has 4 heteroatoms. The normalized spacial score (nSPS) is 10.4. The molecule has 1 heterocycles. The van der Waals surface area contributed by atoms with Crippen molar-refractivity contribution in [3.63, 3.8) is 0 Å². The molecule has 0 spiro atoms. The van der Waals surface area contributed by atoms with Crippen LogP contribution in [-0.2, 0) is 6.42 Å². The zero-order valence-corrected chi connectivity index (χ0v) is 11.1. The highest BCUT2D eigenvalue weighted by Gasteiger charge is 2.13. The van der Waals surface area contributed by atoms with Crippen molar-refractivity contribution in [2.75, 3.05) is 18.0 Å². The van der Waals surface area contributed by atoms with E-state index >= 15 is 0 Å². The smallest absolute Gasteiger partial charge is 0.186 e. The molecular formula is C12H20N2OS. The number of aldehydes is 1. The van der Waals surface area contributed by atoms with Crippen LogP contribution in [-0.4, -0.2) is 24.4 Å². The van der Waals surface area contributed by atoms with Gasteiger partial charge in [-0.05, 0) is 19.8 Å². The monoisotopic (exact) mass is 240 g/mol. The van der Waals surface area contributed by atoms with E-state index in [1.165, 1.54) is 24.2 Å². The molecule has 0 radical (unpaired) electrons. The quantitative estimate of drug-likeness (QED) is 0.686. The predicted molar refractivity (Wildman–Crippen MR) is 69.7 cm³/mol. The van der Waals surface area contributed by atoms with Gasteiger partial charge >= 0.3 is 0 Å². The largest absolute Gasteiger partial charge is 0.348 e. The molecule has 0 bridgehead atoms.